The Morgan fingerprint density at radius 1 is 1.15 bits per heavy atom. The van der Waals surface area contributed by atoms with Crippen molar-refractivity contribution < 1.29 is 18.0 Å². The number of nitrogens with zero attached hydrogens (tertiary/aromatic N) is 2. The van der Waals surface area contributed by atoms with E-state index in [1.54, 1.807) is 12.2 Å². The summed E-state index contributed by atoms with van der Waals surface area (Å²) >= 11 is 1.31. The number of carbonyl (C=O) groups is 2. The number of likely N-dealkylation sites (tertiary alicyclic amines) is 1. The minimum absolute atomic E-state index is 0.0638. The van der Waals surface area contributed by atoms with Crippen LogP contribution in [0, 0.1) is 5.92 Å². The van der Waals surface area contributed by atoms with Gasteiger partial charge in [0.05, 0.1) is 26.5 Å². The summed E-state index contributed by atoms with van der Waals surface area (Å²) in [6.45, 7) is 9.40. The fourth-order valence-corrected chi connectivity index (χ4v) is 6.69. The van der Waals surface area contributed by atoms with Gasteiger partial charge in [0.15, 0.2) is 14.8 Å². The summed E-state index contributed by atoms with van der Waals surface area (Å²) in [6, 6.07) is 7.57. The van der Waals surface area contributed by atoms with Crippen LogP contribution in [0.1, 0.15) is 69.6 Å². The van der Waals surface area contributed by atoms with Crippen molar-refractivity contribution in [2.45, 2.75) is 65.3 Å². The van der Waals surface area contributed by atoms with E-state index in [0.717, 1.165) is 34.3 Å². The Morgan fingerprint density at radius 3 is 2.49 bits per heavy atom. The van der Waals surface area contributed by atoms with Gasteiger partial charge in [-0.05, 0) is 83.1 Å². The molecule has 1 aromatic carbocycles. The van der Waals surface area contributed by atoms with E-state index in [4.69, 9.17) is 0 Å². The van der Waals surface area contributed by atoms with E-state index >= 15 is 0 Å². The van der Waals surface area contributed by atoms with Crippen LogP contribution in [0.25, 0.3) is 10.2 Å². The number of allylic oxidation sites excluding steroid dienone is 3. The number of nitrogens with one attached hydrogen (secondary N) is 2. The Labute approximate surface area is 235 Å². The standard InChI is InChI=1S/C29H38N4O4S2/c1-19-9-8-10-21(39(5,36)37)18-23(30-27(35)28-31-22-11-6-7-12-24(22)38-28)26(19)33-15-13-20(14-16-33)17-25(34)32-29(2,3)4/h6-7,10-12,18,20H,8-9,13-17H2,1-5H3,(H,30,35)(H,32,34). The van der Waals surface area contributed by atoms with Gasteiger partial charge >= 0.3 is 0 Å². The van der Waals surface area contributed by atoms with Gasteiger partial charge in [0.25, 0.3) is 5.91 Å². The lowest BCUT2D eigenvalue weighted by Gasteiger charge is -2.37. The maximum atomic E-state index is 13.4. The molecule has 2 aromatic rings. The van der Waals surface area contributed by atoms with Crippen LogP contribution >= 0.6 is 11.3 Å². The molecule has 0 saturated carbocycles. The van der Waals surface area contributed by atoms with Gasteiger partial charge in [-0.25, -0.2) is 13.4 Å². The summed E-state index contributed by atoms with van der Waals surface area (Å²) < 4.78 is 26.1. The summed E-state index contributed by atoms with van der Waals surface area (Å²) in [6.07, 6.45) is 7.92. The molecular formula is C29H38N4O4S2. The van der Waals surface area contributed by atoms with Crippen LogP contribution in [-0.2, 0) is 14.6 Å². The lowest BCUT2D eigenvalue weighted by atomic mass is 9.91. The number of aromatic nitrogens is 1. The largest absolute Gasteiger partial charge is 0.370 e. The van der Waals surface area contributed by atoms with Crippen molar-refractivity contribution in [1.29, 1.82) is 0 Å². The fourth-order valence-electron chi connectivity index (χ4n) is 5.08. The molecule has 0 bridgehead atoms. The summed E-state index contributed by atoms with van der Waals surface area (Å²) in [4.78, 5) is 32.8. The first kappa shape index (κ1) is 29.0. The average Bonchev–Trinajstić information content (AvgIpc) is 3.26. The molecule has 1 saturated heterocycles. The lowest BCUT2D eigenvalue weighted by Crippen LogP contribution is -2.43. The molecule has 1 aromatic heterocycles. The molecule has 2 aliphatic rings. The van der Waals surface area contributed by atoms with Crippen molar-refractivity contribution in [2.75, 3.05) is 19.3 Å². The number of piperidine rings is 1. The minimum Gasteiger partial charge on any atom is -0.370 e. The Balaban J connectivity index is 1.59. The van der Waals surface area contributed by atoms with Crippen LogP contribution < -0.4 is 10.6 Å². The third-order valence-electron chi connectivity index (χ3n) is 6.89. The number of sulfone groups is 1. The maximum absolute atomic E-state index is 13.4. The number of carbonyl (C=O) groups excluding carboxylic acids is 2. The van der Waals surface area contributed by atoms with E-state index in [1.165, 1.54) is 17.6 Å². The molecule has 0 spiro atoms. The lowest BCUT2D eigenvalue weighted by molar-refractivity contribution is -0.123. The number of hydrogen-bond acceptors (Lipinski definition) is 7. The molecule has 0 atom stereocenters. The Bertz CT molecular complexity index is 1420. The summed E-state index contributed by atoms with van der Waals surface area (Å²) in [5, 5.41) is 6.39. The van der Waals surface area contributed by atoms with Crippen molar-refractivity contribution in [3.05, 3.63) is 63.3 Å². The van der Waals surface area contributed by atoms with Gasteiger partial charge in [-0.3, -0.25) is 9.59 Å². The van der Waals surface area contributed by atoms with Gasteiger partial charge < -0.3 is 15.5 Å². The molecule has 1 fully saturated rings. The minimum atomic E-state index is -3.49. The van der Waals surface area contributed by atoms with Crippen LogP contribution in [0.2, 0.25) is 0 Å². The highest BCUT2D eigenvalue weighted by Gasteiger charge is 2.29. The second-order valence-corrected chi connectivity index (χ2v) is 14.5. The predicted molar refractivity (Wildman–Crippen MR) is 157 cm³/mol. The van der Waals surface area contributed by atoms with E-state index in [0.29, 0.717) is 43.1 Å². The highest BCUT2D eigenvalue weighted by molar-refractivity contribution is 7.94. The van der Waals surface area contributed by atoms with Gasteiger partial charge in [-0.2, -0.15) is 0 Å². The van der Waals surface area contributed by atoms with Crippen LogP contribution in [0.3, 0.4) is 0 Å². The highest BCUT2D eigenvalue weighted by Crippen LogP contribution is 2.32. The highest BCUT2D eigenvalue weighted by atomic mass is 32.2. The summed E-state index contributed by atoms with van der Waals surface area (Å²) in [5.74, 6) is -0.0295. The van der Waals surface area contributed by atoms with Gasteiger partial charge in [0, 0.05) is 31.3 Å². The van der Waals surface area contributed by atoms with Crippen LogP contribution in [0.5, 0.6) is 0 Å². The van der Waals surface area contributed by atoms with Crippen molar-refractivity contribution in [3.8, 4) is 0 Å². The van der Waals surface area contributed by atoms with E-state index in [-0.39, 0.29) is 28.2 Å². The third kappa shape index (κ3) is 7.57. The van der Waals surface area contributed by atoms with Gasteiger partial charge in [-0.15, -0.1) is 11.3 Å². The second kappa shape index (κ2) is 11.6. The van der Waals surface area contributed by atoms with Crippen LogP contribution in [-0.4, -0.2) is 55.0 Å². The average molecular weight is 571 g/mol. The molecule has 2 heterocycles. The second-order valence-electron chi connectivity index (χ2n) is 11.5. The molecule has 4 rings (SSSR count). The Hall–Kier alpha value is -2.98. The molecule has 1 aliphatic carbocycles. The van der Waals surface area contributed by atoms with Crippen molar-refractivity contribution >= 4 is 43.2 Å². The Morgan fingerprint density at radius 2 is 1.85 bits per heavy atom. The quantitative estimate of drug-likeness (QED) is 0.510. The SMILES string of the molecule is CC1=C(N2CCC(CC(=O)NC(C)(C)C)CC2)C(NC(=O)c2nc3ccccc3s2)=CC(S(C)(=O)=O)=CCC1. The molecule has 8 nitrogen and oxygen atoms in total. The van der Waals surface area contributed by atoms with E-state index in [9.17, 15) is 18.0 Å². The van der Waals surface area contributed by atoms with Crippen LogP contribution in [0.15, 0.2) is 58.3 Å². The first-order chi connectivity index (χ1) is 18.3. The first-order valence-electron chi connectivity index (χ1n) is 13.3. The monoisotopic (exact) mass is 570 g/mol. The number of amides is 2. The zero-order valence-electron chi connectivity index (χ0n) is 23.3. The van der Waals surface area contributed by atoms with E-state index < -0.39 is 9.84 Å². The van der Waals surface area contributed by atoms with Crippen molar-refractivity contribution in [2.24, 2.45) is 5.92 Å². The number of benzene rings is 1. The number of thiazole rings is 1. The zero-order chi connectivity index (χ0) is 28.4. The van der Waals surface area contributed by atoms with Crippen molar-refractivity contribution in [3.63, 3.8) is 0 Å². The normalized spacial score (nSPS) is 17.8. The fraction of sp³-hybridized carbons (Fsp3) is 0.483. The predicted octanol–water partition coefficient (Wildman–Crippen LogP) is 4.92. The molecule has 210 valence electrons. The van der Waals surface area contributed by atoms with Gasteiger partial charge in [-0.1, -0.05) is 18.2 Å². The first-order valence-corrected chi connectivity index (χ1v) is 16.1. The molecule has 0 unspecified atom stereocenters. The molecule has 2 N–H and O–H groups in total. The zero-order valence-corrected chi connectivity index (χ0v) is 25.0. The van der Waals surface area contributed by atoms with Crippen LogP contribution in [0.4, 0.5) is 0 Å². The summed E-state index contributed by atoms with van der Waals surface area (Å²) in [5.41, 5.74) is 2.90. The molecular weight excluding hydrogens is 532 g/mol. The smallest absolute Gasteiger partial charge is 0.284 e. The van der Waals surface area contributed by atoms with Gasteiger partial charge in [0.1, 0.15) is 0 Å². The molecule has 1 aliphatic heterocycles. The molecule has 2 amide bonds. The summed E-state index contributed by atoms with van der Waals surface area (Å²) in [7, 11) is -3.49. The Kier molecular flexibility index (Phi) is 8.66. The van der Waals surface area contributed by atoms with E-state index in [1.807, 2.05) is 52.0 Å². The number of para-hydroxylation sites is 1. The number of fused-ring (bicyclic) bond motifs is 1. The number of rotatable bonds is 6. The van der Waals surface area contributed by atoms with Crippen molar-refractivity contribution in [1.82, 2.24) is 20.5 Å². The topological polar surface area (TPSA) is 108 Å². The van der Waals surface area contributed by atoms with E-state index in [2.05, 4.69) is 20.5 Å². The molecule has 39 heavy (non-hydrogen) atoms. The van der Waals surface area contributed by atoms with Gasteiger partial charge in [0.2, 0.25) is 5.91 Å². The maximum Gasteiger partial charge on any atom is 0.284 e. The molecule has 10 heteroatoms. The molecule has 0 radical (unpaired) electrons. The number of hydrogen-bond donors (Lipinski definition) is 2. The third-order valence-corrected chi connectivity index (χ3v) is 9.07.